The van der Waals surface area contributed by atoms with Gasteiger partial charge >= 0.3 is 5.97 Å². The smallest absolute Gasteiger partial charge is 0.310 e. The average Bonchev–Trinajstić information content (AvgIpc) is 3.01. The summed E-state index contributed by atoms with van der Waals surface area (Å²) in [6.45, 7) is 1.63. The molecule has 3 rings (SSSR count). The van der Waals surface area contributed by atoms with Crippen molar-refractivity contribution in [2.24, 2.45) is 0 Å². The fourth-order valence-corrected chi connectivity index (χ4v) is 2.94. The molecule has 2 aromatic rings. The first kappa shape index (κ1) is 15.3. The Labute approximate surface area is 135 Å². The van der Waals surface area contributed by atoms with Crippen LogP contribution in [-0.2, 0) is 17.6 Å². The van der Waals surface area contributed by atoms with Crippen LogP contribution in [0.15, 0.2) is 42.5 Å². The Bertz CT molecular complexity index is 767. The topological polar surface area (TPSA) is 66.4 Å². The fraction of sp³-hybridized carbons (Fsp3) is 0.263. The van der Waals surface area contributed by atoms with E-state index in [4.69, 9.17) is 5.11 Å². The number of carboxylic acids is 1. The molecule has 4 heteroatoms. The predicted octanol–water partition coefficient (Wildman–Crippen LogP) is 3.62. The number of fused-ring (bicyclic) bond motifs is 1. The Morgan fingerprint density at radius 3 is 2.65 bits per heavy atom. The van der Waals surface area contributed by atoms with E-state index >= 15 is 0 Å². The van der Waals surface area contributed by atoms with Gasteiger partial charge in [0.15, 0.2) is 0 Å². The van der Waals surface area contributed by atoms with Crippen LogP contribution in [0.1, 0.15) is 46.3 Å². The zero-order chi connectivity index (χ0) is 16.4. The Balaban J connectivity index is 1.78. The van der Waals surface area contributed by atoms with Gasteiger partial charge in [-0.1, -0.05) is 18.2 Å². The lowest BCUT2D eigenvalue weighted by atomic mass is 10.0. The van der Waals surface area contributed by atoms with Gasteiger partial charge in [0.1, 0.15) is 0 Å². The number of hydrogen-bond acceptors (Lipinski definition) is 2. The first-order valence-corrected chi connectivity index (χ1v) is 7.80. The van der Waals surface area contributed by atoms with Crippen molar-refractivity contribution in [3.05, 3.63) is 64.7 Å². The summed E-state index contributed by atoms with van der Waals surface area (Å²) in [5.74, 6) is -1.65. The third-order valence-corrected chi connectivity index (χ3v) is 4.38. The molecule has 0 saturated heterocycles. The summed E-state index contributed by atoms with van der Waals surface area (Å²) in [5.41, 5.74) is 4.51. The minimum absolute atomic E-state index is 0.167. The van der Waals surface area contributed by atoms with Gasteiger partial charge in [0.25, 0.3) is 5.91 Å². The van der Waals surface area contributed by atoms with Crippen LogP contribution in [0.4, 0.5) is 5.69 Å². The molecule has 23 heavy (non-hydrogen) atoms. The second kappa shape index (κ2) is 6.24. The predicted molar refractivity (Wildman–Crippen MR) is 88.9 cm³/mol. The Hall–Kier alpha value is -2.62. The second-order valence-electron chi connectivity index (χ2n) is 5.98. The monoisotopic (exact) mass is 309 g/mol. The highest BCUT2D eigenvalue weighted by atomic mass is 16.4. The lowest BCUT2D eigenvalue weighted by Gasteiger charge is -2.11. The van der Waals surface area contributed by atoms with Crippen molar-refractivity contribution in [3.63, 3.8) is 0 Å². The van der Waals surface area contributed by atoms with E-state index in [0.29, 0.717) is 16.8 Å². The molecule has 4 nitrogen and oxygen atoms in total. The number of anilines is 1. The van der Waals surface area contributed by atoms with Crippen molar-refractivity contribution in [2.45, 2.75) is 32.1 Å². The fourth-order valence-electron chi connectivity index (χ4n) is 2.94. The molecule has 1 unspecified atom stereocenters. The summed E-state index contributed by atoms with van der Waals surface area (Å²) < 4.78 is 0. The molecule has 0 aliphatic heterocycles. The number of hydrogen-bond donors (Lipinski definition) is 2. The van der Waals surface area contributed by atoms with E-state index in [-0.39, 0.29) is 5.91 Å². The molecule has 0 fully saturated rings. The lowest BCUT2D eigenvalue weighted by molar-refractivity contribution is -0.138. The zero-order valence-electron chi connectivity index (χ0n) is 13.0. The molecular weight excluding hydrogens is 290 g/mol. The van der Waals surface area contributed by atoms with Gasteiger partial charge in [-0.25, -0.2) is 0 Å². The average molecular weight is 309 g/mol. The minimum Gasteiger partial charge on any atom is -0.481 e. The molecule has 2 aromatic carbocycles. The maximum Gasteiger partial charge on any atom is 0.310 e. The van der Waals surface area contributed by atoms with Gasteiger partial charge in [-0.2, -0.15) is 0 Å². The maximum atomic E-state index is 12.4. The number of carbonyl (C=O) groups is 2. The van der Waals surface area contributed by atoms with Crippen LogP contribution in [0.2, 0.25) is 0 Å². The van der Waals surface area contributed by atoms with Crippen molar-refractivity contribution in [2.75, 3.05) is 5.32 Å². The number of aliphatic carboxylic acids is 1. The zero-order valence-corrected chi connectivity index (χ0v) is 13.0. The number of nitrogens with one attached hydrogen (secondary N) is 1. The molecule has 0 heterocycles. The summed E-state index contributed by atoms with van der Waals surface area (Å²) in [4.78, 5) is 23.5. The van der Waals surface area contributed by atoms with E-state index in [1.54, 1.807) is 31.2 Å². The summed E-state index contributed by atoms with van der Waals surface area (Å²) in [7, 11) is 0. The molecule has 0 aromatic heterocycles. The van der Waals surface area contributed by atoms with Gasteiger partial charge in [-0.05, 0) is 67.1 Å². The highest BCUT2D eigenvalue weighted by molar-refractivity contribution is 6.04. The number of aryl methyl sites for hydroxylation is 2. The van der Waals surface area contributed by atoms with E-state index in [1.165, 1.54) is 11.1 Å². The summed E-state index contributed by atoms with van der Waals surface area (Å²) in [6.07, 6.45) is 3.27. The third kappa shape index (κ3) is 3.26. The minimum atomic E-state index is -0.882. The summed E-state index contributed by atoms with van der Waals surface area (Å²) >= 11 is 0. The number of amides is 1. The van der Waals surface area contributed by atoms with E-state index < -0.39 is 11.9 Å². The van der Waals surface area contributed by atoms with Crippen molar-refractivity contribution in [1.29, 1.82) is 0 Å². The Morgan fingerprint density at radius 1 is 1.09 bits per heavy atom. The molecule has 0 bridgehead atoms. The summed E-state index contributed by atoms with van der Waals surface area (Å²) in [5, 5.41) is 11.9. The molecule has 1 aliphatic rings. The molecule has 0 radical (unpaired) electrons. The van der Waals surface area contributed by atoms with E-state index in [0.717, 1.165) is 19.3 Å². The number of benzene rings is 2. The highest BCUT2D eigenvalue weighted by Crippen LogP contribution is 2.24. The van der Waals surface area contributed by atoms with Crippen LogP contribution in [0.25, 0.3) is 0 Å². The number of carboxylic acid groups (broad SMARTS) is 1. The van der Waals surface area contributed by atoms with Crippen LogP contribution >= 0.6 is 0 Å². The molecule has 118 valence electrons. The molecule has 2 N–H and O–H groups in total. The van der Waals surface area contributed by atoms with Crippen molar-refractivity contribution in [1.82, 2.24) is 0 Å². The summed E-state index contributed by atoms with van der Waals surface area (Å²) in [6, 6.07) is 12.8. The standard InChI is InChI=1S/C19H19NO3/c1-12(19(22)23)14-5-3-7-17(11-14)20-18(21)16-9-8-13-4-2-6-15(13)10-16/h3,5,7-12H,2,4,6H2,1H3,(H,20,21)(H,22,23). The van der Waals surface area contributed by atoms with Crippen molar-refractivity contribution >= 4 is 17.6 Å². The molecule has 0 saturated carbocycles. The SMILES string of the molecule is CC(C(=O)O)c1cccc(NC(=O)c2ccc3c(c2)CCC3)c1. The van der Waals surface area contributed by atoms with Crippen LogP contribution in [-0.4, -0.2) is 17.0 Å². The van der Waals surface area contributed by atoms with Crippen LogP contribution < -0.4 is 5.32 Å². The molecule has 1 amide bonds. The number of carbonyl (C=O) groups excluding carboxylic acids is 1. The quantitative estimate of drug-likeness (QED) is 0.906. The molecule has 0 spiro atoms. The lowest BCUT2D eigenvalue weighted by Crippen LogP contribution is -2.13. The highest BCUT2D eigenvalue weighted by Gasteiger charge is 2.16. The maximum absolute atomic E-state index is 12.4. The number of rotatable bonds is 4. The van der Waals surface area contributed by atoms with Gasteiger partial charge < -0.3 is 10.4 Å². The van der Waals surface area contributed by atoms with Gasteiger partial charge in [0, 0.05) is 11.3 Å². The molecule has 1 aliphatic carbocycles. The second-order valence-corrected chi connectivity index (χ2v) is 5.98. The van der Waals surface area contributed by atoms with E-state index in [1.807, 2.05) is 18.2 Å². The first-order chi connectivity index (χ1) is 11.0. The normalized spacial score (nSPS) is 14.1. The first-order valence-electron chi connectivity index (χ1n) is 7.80. The largest absolute Gasteiger partial charge is 0.481 e. The van der Waals surface area contributed by atoms with Gasteiger partial charge in [-0.3, -0.25) is 9.59 Å². The van der Waals surface area contributed by atoms with Gasteiger partial charge in [0.2, 0.25) is 0 Å². The van der Waals surface area contributed by atoms with E-state index in [9.17, 15) is 9.59 Å². The van der Waals surface area contributed by atoms with Crippen LogP contribution in [0.5, 0.6) is 0 Å². The molecule has 1 atom stereocenters. The van der Waals surface area contributed by atoms with Gasteiger partial charge in [-0.15, -0.1) is 0 Å². The van der Waals surface area contributed by atoms with Crippen molar-refractivity contribution in [3.8, 4) is 0 Å². The van der Waals surface area contributed by atoms with E-state index in [2.05, 4.69) is 5.32 Å². The Kier molecular flexibility index (Phi) is 4.15. The van der Waals surface area contributed by atoms with Crippen LogP contribution in [0, 0.1) is 0 Å². The molecular formula is C19H19NO3. The Morgan fingerprint density at radius 2 is 1.87 bits per heavy atom. The van der Waals surface area contributed by atoms with Crippen LogP contribution in [0.3, 0.4) is 0 Å². The van der Waals surface area contributed by atoms with Gasteiger partial charge in [0.05, 0.1) is 5.92 Å². The van der Waals surface area contributed by atoms with Crippen molar-refractivity contribution < 1.29 is 14.7 Å². The third-order valence-electron chi connectivity index (χ3n) is 4.38.